The van der Waals surface area contributed by atoms with Gasteiger partial charge in [-0.25, -0.2) is 4.98 Å². The van der Waals surface area contributed by atoms with Crippen molar-refractivity contribution in [2.75, 3.05) is 13.6 Å². The molecule has 80 valence electrons. The molecule has 1 heterocycles. The highest BCUT2D eigenvalue weighted by molar-refractivity contribution is 5.75. The van der Waals surface area contributed by atoms with Gasteiger partial charge in [0.15, 0.2) is 0 Å². The molecule has 3 heteroatoms. The molecular formula is C12H17N3. The molecule has 0 radical (unpaired) electrons. The molecular weight excluding hydrogens is 186 g/mol. The second-order valence-electron chi connectivity index (χ2n) is 3.89. The summed E-state index contributed by atoms with van der Waals surface area (Å²) in [4.78, 5) is 4.35. The second-order valence-corrected chi connectivity index (χ2v) is 3.89. The monoisotopic (exact) mass is 203 g/mol. The Labute approximate surface area is 90.1 Å². The maximum Gasteiger partial charge on any atom is 0.0955 e. The number of hydrogen-bond donors (Lipinski definition) is 1. The SMILES string of the molecule is CNCCCc1ccc2c(c1)ncn2C. The molecule has 0 bridgehead atoms. The molecule has 15 heavy (non-hydrogen) atoms. The highest BCUT2D eigenvalue weighted by atomic mass is 15.0. The van der Waals surface area contributed by atoms with Crippen LogP contribution in [0.1, 0.15) is 12.0 Å². The molecule has 3 nitrogen and oxygen atoms in total. The first-order chi connectivity index (χ1) is 7.31. The predicted octanol–water partition coefficient (Wildman–Crippen LogP) is 1.73. The van der Waals surface area contributed by atoms with E-state index in [2.05, 4.69) is 28.5 Å². The van der Waals surface area contributed by atoms with E-state index in [1.807, 2.05) is 25.0 Å². The van der Waals surface area contributed by atoms with Crippen molar-refractivity contribution in [1.82, 2.24) is 14.9 Å². The first-order valence-electron chi connectivity index (χ1n) is 5.36. The standard InChI is InChI=1S/C12H17N3/c1-13-7-3-4-10-5-6-12-11(8-10)14-9-15(12)2/h5-6,8-9,13H,3-4,7H2,1-2H3. The van der Waals surface area contributed by atoms with Crippen LogP contribution in [0.25, 0.3) is 11.0 Å². The van der Waals surface area contributed by atoms with Gasteiger partial charge in [-0.3, -0.25) is 0 Å². The van der Waals surface area contributed by atoms with E-state index in [1.165, 1.54) is 17.5 Å². The molecule has 0 fully saturated rings. The summed E-state index contributed by atoms with van der Waals surface area (Å²) in [5.41, 5.74) is 3.67. The van der Waals surface area contributed by atoms with E-state index in [9.17, 15) is 0 Å². The van der Waals surface area contributed by atoms with Crippen LogP contribution >= 0.6 is 0 Å². The number of rotatable bonds is 4. The van der Waals surface area contributed by atoms with Crippen LogP contribution in [0.2, 0.25) is 0 Å². The minimum atomic E-state index is 1.07. The summed E-state index contributed by atoms with van der Waals surface area (Å²) in [5.74, 6) is 0. The zero-order chi connectivity index (χ0) is 10.7. The van der Waals surface area contributed by atoms with Gasteiger partial charge in [-0.1, -0.05) is 6.07 Å². The highest BCUT2D eigenvalue weighted by Crippen LogP contribution is 2.14. The summed E-state index contributed by atoms with van der Waals surface area (Å²) in [6.07, 6.45) is 4.16. The van der Waals surface area contributed by atoms with Crippen LogP contribution in [0.5, 0.6) is 0 Å². The van der Waals surface area contributed by atoms with Crippen molar-refractivity contribution in [2.45, 2.75) is 12.8 Å². The molecule has 1 N–H and O–H groups in total. The van der Waals surface area contributed by atoms with E-state index in [0.29, 0.717) is 0 Å². The third-order valence-electron chi connectivity index (χ3n) is 2.68. The molecule has 0 amide bonds. The van der Waals surface area contributed by atoms with Gasteiger partial charge in [0.2, 0.25) is 0 Å². The van der Waals surface area contributed by atoms with Gasteiger partial charge in [0.1, 0.15) is 0 Å². The normalized spacial score (nSPS) is 11.1. The quantitative estimate of drug-likeness (QED) is 0.767. The number of imidazole rings is 1. The van der Waals surface area contributed by atoms with Gasteiger partial charge < -0.3 is 9.88 Å². The van der Waals surface area contributed by atoms with Gasteiger partial charge in [-0.15, -0.1) is 0 Å². The Morgan fingerprint density at radius 3 is 3.07 bits per heavy atom. The summed E-state index contributed by atoms with van der Waals surface area (Å²) >= 11 is 0. The summed E-state index contributed by atoms with van der Waals surface area (Å²) in [5, 5.41) is 3.16. The summed E-state index contributed by atoms with van der Waals surface area (Å²) < 4.78 is 2.05. The lowest BCUT2D eigenvalue weighted by Gasteiger charge is -2.01. The first kappa shape index (κ1) is 10.2. The van der Waals surface area contributed by atoms with Crippen molar-refractivity contribution in [3.05, 3.63) is 30.1 Å². The molecule has 1 aromatic carbocycles. The Balaban J connectivity index is 2.16. The molecule has 0 saturated carbocycles. The first-order valence-corrected chi connectivity index (χ1v) is 5.36. The smallest absolute Gasteiger partial charge is 0.0955 e. The molecule has 1 aromatic heterocycles. The largest absolute Gasteiger partial charge is 0.334 e. The van der Waals surface area contributed by atoms with Crippen LogP contribution in [-0.2, 0) is 13.5 Å². The van der Waals surface area contributed by atoms with Crippen LogP contribution in [0, 0.1) is 0 Å². The molecule has 0 aliphatic heterocycles. The Bertz CT molecular complexity index is 445. The van der Waals surface area contributed by atoms with Crippen molar-refractivity contribution < 1.29 is 0 Å². The fourth-order valence-corrected chi connectivity index (χ4v) is 1.81. The number of aryl methyl sites for hydroxylation is 2. The summed E-state index contributed by atoms with van der Waals surface area (Å²) in [6, 6.07) is 6.53. The van der Waals surface area contributed by atoms with Crippen molar-refractivity contribution in [2.24, 2.45) is 7.05 Å². The van der Waals surface area contributed by atoms with E-state index >= 15 is 0 Å². The van der Waals surface area contributed by atoms with E-state index in [-0.39, 0.29) is 0 Å². The minimum Gasteiger partial charge on any atom is -0.334 e. The second kappa shape index (κ2) is 4.45. The zero-order valence-electron chi connectivity index (χ0n) is 9.33. The van der Waals surface area contributed by atoms with Gasteiger partial charge >= 0.3 is 0 Å². The average molecular weight is 203 g/mol. The minimum absolute atomic E-state index is 1.07. The van der Waals surface area contributed by atoms with Crippen LogP contribution < -0.4 is 5.32 Å². The Kier molecular flexibility index (Phi) is 3.02. The summed E-state index contributed by atoms with van der Waals surface area (Å²) in [7, 11) is 4.01. The van der Waals surface area contributed by atoms with Gasteiger partial charge in [0.05, 0.1) is 17.4 Å². The van der Waals surface area contributed by atoms with Gasteiger partial charge in [-0.2, -0.15) is 0 Å². The molecule has 0 spiro atoms. The van der Waals surface area contributed by atoms with Gasteiger partial charge in [0, 0.05) is 7.05 Å². The Morgan fingerprint density at radius 1 is 1.40 bits per heavy atom. The molecule has 0 aliphatic rings. The van der Waals surface area contributed by atoms with E-state index in [0.717, 1.165) is 18.5 Å². The Hall–Kier alpha value is -1.35. The van der Waals surface area contributed by atoms with Crippen LogP contribution in [0.15, 0.2) is 24.5 Å². The molecule has 0 atom stereocenters. The third-order valence-corrected chi connectivity index (χ3v) is 2.68. The third kappa shape index (κ3) is 2.18. The lowest BCUT2D eigenvalue weighted by Crippen LogP contribution is -2.08. The molecule has 2 rings (SSSR count). The van der Waals surface area contributed by atoms with E-state index < -0.39 is 0 Å². The van der Waals surface area contributed by atoms with E-state index in [4.69, 9.17) is 0 Å². The number of fused-ring (bicyclic) bond motifs is 1. The fraction of sp³-hybridized carbons (Fsp3) is 0.417. The molecule has 0 saturated heterocycles. The van der Waals surface area contributed by atoms with Crippen molar-refractivity contribution in [3.63, 3.8) is 0 Å². The molecule has 0 unspecified atom stereocenters. The van der Waals surface area contributed by atoms with Crippen molar-refractivity contribution in [1.29, 1.82) is 0 Å². The number of hydrogen-bond acceptors (Lipinski definition) is 2. The maximum absolute atomic E-state index is 4.35. The fourth-order valence-electron chi connectivity index (χ4n) is 1.81. The lowest BCUT2D eigenvalue weighted by molar-refractivity contribution is 0.725. The number of aromatic nitrogens is 2. The van der Waals surface area contributed by atoms with Crippen LogP contribution in [0.4, 0.5) is 0 Å². The van der Waals surface area contributed by atoms with Crippen molar-refractivity contribution >= 4 is 11.0 Å². The highest BCUT2D eigenvalue weighted by Gasteiger charge is 2.00. The topological polar surface area (TPSA) is 29.9 Å². The van der Waals surface area contributed by atoms with Gasteiger partial charge in [0.25, 0.3) is 0 Å². The van der Waals surface area contributed by atoms with Crippen molar-refractivity contribution in [3.8, 4) is 0 Å². The summed E-state index contributed by atoms with van der Waals surface area (Å²) in [6.45, 7) is 1.07. The number of benzene rings is 1. The predicted molar refractivity (Wildman–Crippen MR) is 63.0 cm³/mol. The van der Waals surface area contributed by atoms with Gasteiger partial charge in [-0.05, 0) is 44.1 Å². The zero-order valence-corrected chi connectivity index (χ0v) is 9.33. The number of nitrogens with one attached hydrogen (secondary N) is 1. The maximum atomic E-state index is 4.35. The van der Waals surface area contributed by atoms with Crippen LogP contribution in [-0.4, -0.2) is 23.1 Å². The Morgan fingerprint density at radius 2 is 2.27 bits per heavy atom. The molecule has 0 aliphatic carbocycles. The average Bonchev–Trinajstić information content (AvgIpc) is 2.61. The van der Waals surface area contributed by atoms with Crippen LogP contribution in [0.3, 0.4) is 0 Å². The number of nitrogens with zero attached hydrogens (tertiary/aromatic N) is 2. The lowest BCUT2D eigenvalue weighted by atomic mass is 10.1. The van der Waals surface area contributed by atoms with E-state index in [1.54, 1.807) is 0 Å². The molecule has 2 aromatic rings.